The molecule has 0 unspecified atom stereocenters. The van der Waals surface area contributed by atoms with E-state index in [4.69, 9.17) is 5.73 Å². The van der Waals surface area contributed by atoms with Gasteiger partial charge in [-0.15, -0.1) is 0 Å². The van der Waals surface area contributed by atoms with Crippen molar-refractivity contribution in [2.24, 2.45) is 10.7 Å². The van der Waals surface area contributed by atoms with Gasteiger partial charge in [0.1, 0.15) is 0 Å². The lowest BCUT2D eigenvalue weighted by Gasteiger charge is -2.08. The van der Waals surface area contributed by atoms with E-state index in [0.29, 0.717) is 25.6 Å². The van der Waals surface area contributed by atoms with E-state index in [9.17, 15) is 10.1 Å². The summed E-state index contributed by atoms with van der Waals surface area (Å²) in [5, 5.41) is 16.7. The first-order valence-electron chi connectivity index (χ1n) is 7.57. The highest BCUT2D eigenvalue weighted by Crippen LogP contribution is 2.14. The number of aromatic nitrogens is 1. The van der Waals surface area contributed by atoms with E-state index in [-0.39, 0.29) is 5.69 Å². The molecule has 1 aromatic carbocycles. The summed E-state index contributed by atoms with van der Waals surface area (Å²) < 4.78 is 0. The maximum absolute atomic E-state index is 10.6. The van der Waals surface area contributed by atoms with Crippen LogP contribution in [0, 0.1) is 10.1 Å². The second-order valence-electron chi connectivity index (χ2n) is 5.00. The van der Waals surface area contributed by atoms with Gasteiger partial charge in [0.15, 0.2) is 5.96 Å². The van der Waals surface area contributed by atoms with Crippen molar-refractivity contribution in [2.45, 2.75) is 6.42 Å². The molecule has 4 N–H and O–H groups in total. The Morgan fingerprint density at radius 1 is 1.21 bits per heavy atom. The fourth-order valence-electron chi connectivity index (χ4n) is 1.99. The molecule has 0 bridgehead atoms. The molecule has 0 fully saturated rings. The fourth-order valence-corrected chi connectivity index (χ4v) is 1.99. The summed E-state index contributed by atoms with van der Waals surface area (Å²) in [7, 11) is 0. The van der Waals surface area contributed by atoms with E-state index >= 15 is 0 Å². The molecule has 2 rings (SSSR count). The topological polar surface area (TPSA) is 118 Å². The molecule has 0 radical (unpaired) electrons. The van der Waals surface area contributed by atoms with Crippen molar-refractivity contribution in [1.29, 1.82) is 0 Å². The van der Waals surface area contributed by atoms with Crippen LogP contribution in [0.25, 0.3) is 0 Å². The lowest BCUT2D eigenvalue weighted by Crippen LogP contribution is -2.35. The van der Waals surface area contributed by atoms with Crippen molar-refractivity contribution < 1.29 is 4.92 Å². The van der Waals surface area contributed by atoms with Crippen molar-refractivity contribution in [2.75, 3.05) is 25.0 Å². The summed E-state index contributed by atoms with van der Waals surface area (Å²) in [6, 6.07) is 12.0. The van der Waals surface area contributed by atoms with E-state index in [2.05, 4.69) is 20.6 Å². The Morgan fingerprint density at radius 3 is 2.67 bits per heavy atom. The Bertz CT molecular complexity index is 673. The highest BCUT2D eigenvalue weighted by atomic mass is 16.6. The average Bonchev–Trinajstić information content (AvgIpc) is 2.60. The summed E-state index contributed by atoms with van der Waals surface area (Å²) in [5.41, 5.74) is 7.65. The summed E-state index contributed by atoms with van der Waals surface area (Å²) in [5.74, 6) is 0.386. The number of nitrogens with two attached hydrogens (primary N) is 1. The number of aliphatic imine (C=N–C) groups is 1. The van der Waals surface area contributed by atoms with Crippen molar-refractivity contribution in [3.05, 3.63) is 64.5 Å². The zero-order valence-electron chi connectivity index (χ0n) is 13.2. The molecule has 0 aliphatic carbocycles. The molecular formula is C16H20N6O2. The second kappa shape index (κ2) is 9.09. The van der Waals surface area contributed by atoms with Crippen molar-refractivity contribution in [3.63, 3.8) is 0 Å². The first kappa shape index (κ1) is 17.2. The van der Waals surface area contributed by atoms with Crippen LogP contribution in [-0.4, -0.2) is 35.5 Å². The van der Waals surface area contributed by atoms with Gasteiger partial charge < -0.3 is 16.4 Å². The molecule has 0 saturated carbocycles. The molecule has 126 valence electrons. The number of nitrogens with one attached hydrogen (secondary N) is 2. The van der Waals surface area contributed by atoms with Crippen LogP contribution in [0.15, 0.2) is 53.7 Å². The summed E-state index contributed by atoms with van der Waals surface area (Å²) in [6.45, 7) is 1.79. The molecule has 1 heterocycles. The van der Waals surface area contributed by atoms with Crippen molar-refractivity contribution in [1.82, 2.24) is 10.3 Å². The Labute approximate surface area is 140 Å². The average molecular weight is 328 g/mol. The summed E-state index contributed by atoms with van der Waals surface area (Å²) in [4.78, 5) is 18.6. The molecule has 0 saturated heterocycles. The third kappa shape index (κ3) is 5.91. The van der Waals surface area contributed by atoms with Gasteiger partial charge >= 0.3 is 0 Å². The summed E-state index contributed by atoms with van der Waals surface area (Å²) in [6.07, 6.45) is 2.49. The molecular weight excluding hydrogens is 308 g/mol. The molecule has 0 amide bonds. The zero-order valence-corrected chi connectivity index (χ0v) is 13.2. The van der Waals surface area contributed by atoms with Crippen LogP contribution in [0.4, 0.5) is 11.4 Å². The van der Waals surface area contributed by atoms with Gasteiger partial charge in [-0.3, -0.25) is 20.1 Å². The maximum atomic E-state index is 10.6. The smallest absolute Gasteiger partial charge is 0.269 e. The number of rotatable bonds is 8. The van der Waals surface area contributed by atoms with Crippen LogP contribution in [-0.2, 0) is 6.42 Å². The molecule has 24 heavy (non-hydrogen) atoms. The molecule has 0 aliphatic rings. The monoisotopic (exact) mass is 328 g/mol. The normalized spacial score (nSPS) is 11.1. The molecule has 8 nitrogen and oxygen atoms in total. The lowest BCUT2D eigenvalue weighted by atomic mass is 10.3. The number of nitrogens with zero attached hydrogens (tertiary/aromatic N) is 3. The maximum Gasteiger partial charge on any atom is 0.269 e. The number of pyridine rings is 1. The number of non-ortho nitro benzene ring substituents is 1. The van der Waals surface area contributed by atoms with E-state index in [1.807, 2.05) is 18.2 Å². The van der Waals surface area contributed by atoms with Crippen LogP contribution in [0.3, 0.4) is 0 Å². The Balaban J connectivity index is 1.64. The Morgan fingerprint density at radius 2 is 2.00 bits per heavy atom. The highest BCUT2D eigenvalue weighted by molar-refractivity contribution is 5.77. The predicted octanol–water partition coefficient (Wildman–Crippen LogP) is 1.55. The van der Waals surface area contributed by atoms with Gasteiger partial charge in [0.2, 0.25) is 0 Å². The molecule has 0 aliphatic heterocycles. The number of benzene rings is 1. The molecule has 8 heteroatoms. The van der Waals surface area contributed by atoms with Crippen molar-refractivity contribution >= 4 is 17.3 Å². The van der Waals surface area contributed by atoms with Gasteiger partial charge in [0.05, 0.1) is 4.92 Å². The van der Waals surface area contributed by atoms with Gasteiger partial charge in [-0.25, -0.2) is 0 Å². The number of hydrogen-bond acceptors (Lipinski definition) is 5. The number of guanidine groups is 1. The third-order valence-electron chi connectivity index (χ3n) is 3.21. The minimum Gasteiger partial charge on any atom is -0.383 e. The SMILES string of the molecule is NC(=NCCc1ccccn1)NCCNc1ccc([N+](=O)[O-])cc1. The van der Waals surface area contributed by atoms with Crippen molar-refractivity contribution in [3.8, 4) is 0 Å². The van der Waals surface area contributed by atoms with Gasteiger partial charge in [-0.05, 0) is 24.3 Å². The van der Waals surface area contributed by atoms with Gasteiger partial charge in [-0.1, -0.05) is 6.07 Å². The number of nitro groups is 1. The van der Waals surface area contributed by atoms with Gasteiger partial charge in [0.25, 0.3) is 5.69 Å². The molecule has 2 aromatic rings. The van der Waals surface area contributed by atoms with Crippen LogP contribution < -0.4 is 16.4 Å². The number of nitro benzene ring substituents is 1. The van der Waals surface area contributed by atoms with E-state index in [1.165, 1.54) is 12.1 Å². The second-order valence-corrected chi connectivity index (χ2v) is 5.00. The lowest BCUT2D eigenvalue weighted by molar-refractivity contribution is -0.384. The van der Waals surface area contributed by atoms with Gasteiger partial charge in [-0.2, -0.15) is 0 Å². The number of hydrogen-bond donors (Lipinski definition) is 3. The van der Waals surface area contributed by atoms with Crippen LogP contribution >= 0.6 is 0 Å². The Kier molecular flexibility index (Phi) is 6.51. The highest BCUT2D eigenvalue weighted by Gasteiger charge is 2.03. The van der Waals surface area contributed by atoms with Crippen LogP contribution in [0.1, 0.15) is 5.69 Å². The first-order valence-corrected chi connectivity index (χ1v) is 7.57. The van der Waals surface area contributed by atoms with Crippen LogP contribution in [0.2, 0.25) is 0 Å². The van der Waals surface area contributed by atoms with E-state index in [1.54, 1.807) is 18.3 Å². The number of anilines is 1. The fraction of sp³-hybridized carbons (Fsp3) is 0.250. The largest absolute Gasteiger partial charge is 0.383 e. The summed E-state index contributed by atoms with van der Waals surface area (Å²) >= 11 is 0. The third-order valence-corrected chi connectivity index (χ3v) is 3.21. The predicted molar refractivity (Wildman–Crippen MR) is 94.0 cm³/mol. The Hall–Kier alpha value is -3.16. The molecule has 0 spiro atoms. The van der Waals surface area contributed by atoms with E-state index in [0.717, 1.165) is 17.8 Å². The minimum atomic E-state index is -0.423. The molecule has 0 atom stereocenters. The molecule has 1 aromatic heterocycles. The quantitative estimate of drug-likeness (QED) is 0.222. The van der Waals surface area contributed by atoms with Gasteiger partial charge in [0, 0.05) is 55.8 Å². The standard InChI is InChI=1S/C16H20N6O2/c17-16(20-10-8-13-3-1-2-9-18-13)21-12-11-19-14-4-6-15(7-5-14)22(23)24/h1-7,9,19H,8,10-12H2,(H3,17,20,21). The minimum absolute atomic E-state index is 0.0722. The zero-order chi connectivity index (χ0) is 17.2. The van der Waals surface area contributed by atoms with Crippen LogP contribution in [0.5, 0.6) is 0 Å². The van der Waals surface area contributed by atoms with E-state index < -0.39 is 4.92 Å². The first-order chi connectivity index (χ1) is 11.6.